The van der Waals surface area contributed by atoms with Crippen molar-refractivity contribution in [3.8, 4) is 0 Å². The molecule has 4 saturated heterocycles. The summed E-state index contributed by atoms with van der Waals surface area (Å²) in [5, 5.41) is 19.4. The van der Waals surface area contributed by atoms with Crippen LogP contribution in [0.2, 0.25) is 0 Å². The second-order valence-electron chi connectivity index (χ2n) is 18.8. The summed E-state index contributed by atoms with van der Waals surface area (Å²) >= 11 is 3.49. The van der Waals surface area contributed by atoms with Gasteiger partial charge < -0.3 is 29.1 Å². The van der Waals surface area contributed by atoms with E-state index in [1.54, 1.807) is 47.8 Å². The fraction of sp³-hybridized carbons (Fsp3) is 0.652. The Morgan fingerprint density at radius 1 is 0.561 bits per heavy atom. The van der Waals surface area contributed by atoms with Crippen LogP contribution in [0.25, 0.3) is 0 Å². The summed E-state index contributed by atoms with van der Waals surface area (Å²) in [7, 11) is 4.04. The van der Waals surface area contributed by atoms with Crippen molar-refractivity contribution in [1.29, 1.82) is 0 Å². The maximum Gasteiger partial charge on any atom is 0.416 e. The Morgan fingerprint density at radius 2 is 0.939 bits per heavy atom. The molecule has 6 fully saturated rings. The van der Waals surface area contributed by atoms with Crippen LogP contribution < -0.4 is 9.80 Å². The third-order valence-electron chi connectivity index (χ3n) is 14.5. The summed E-state index contributed by atoms with van der Waals surface area (Å²) in [5.74, 6) is 4.59. The highest BCUT2D eigenvalue weighted by Gasteiger charge is 2.58. The number of benzene rings is 2. The number of ether oxygens (including phenoxy) is 2. The van der Waals surface area contributed by atoms with Crippen molar-refractivity contribution in [2.45, 2.75) is 73.0 Å². The number of halogens is 6. The van der Waals surface area contributed by atoms with E-state index < -0.39 is 23.5 Å². The molecule has 4 aliphatic heterocycles. The summed E-state index contributed by atoms with van der Waals surface area (Å²) in [4.78, 5) is 9.46. The van der Waals surface area contributed by atoms with E-state index >= 15 is 0 Å². The number of morpholine rings is 2. The number of hydrogen-bond acceptors (Lipinski definition) is 12. The van der Waals surface area contributed by atoms with Gasteiger partial charge in [0.05, 0.1) is 37.6 Å². The second kappa shape index (κ2) is 19.8. The van der Waals surface area contributed by atoms with Gasteiger partial charge >= 0.3 is 12.4 Å². The smallest absolute Gasteiger partial charge is 0.378 e. The van der Waals surface area contributed by atoms with Gasteiger partial charge in [-0.2, -0.15) is 26.3 Å². The highest BCUT2D eigenvalue weighted by Crippen LogP contribution is 2.65. The molecule has 4 aromatic rings. The number of nitrogens with zero attached hydrogens (tertiary/aromatic N) is 10. The van der Waals surface area contributed by atoms with E-state index in [4.69, 9.17) is 9.47 Å². The Bertz CT molecular complexity index is 2080. The first-order valence-corrected chi connectivity index (χ1v) is 25.2. The molecule has 0 amide bonds. The van der Waals surface area contributed by atoms with E-state index in [1.807, 2.05) is 14.1 Å². The first-order valence-electron chi connectivity index (χ1n) is 23.2. The van der Waals surface area contributed by atoms with Gasteiger partial charge in [0.1, 0.15) is 0 Å². The predicted molar refractivity (Wildman–Crippen MR) is 243 cm³/mol. The lowest BCUT2D eigenvalue weighted by molar-refractivity contribution is -0.138. The Kier molecular flexibility index (Phi) is 14.3. The van der Waals surface area contributed by atoms with Crippen molar-refractivity contribution in [1.82, 2.24) is 39.3 Å². The zero-order valence-electron chi connectivity index (χ0n) is 37.7. The first-order chi connectivity index (χ1) is 31.7. The first kappa shape index (κ1) is 47.5. The molecule has 20 heteroatoms. The van der Waals surface area contributed by atoms with Gasteiger partial charge in [-0.15, -0.1) is 20.4 Å². The standard InChI is InChI=1S/2C23H30F3N5OS/c2*1-29-20(31-10-12-32-13-11-31)27-28-21(29)33-14-2-8-30-9-7-22(16-30)15-19(22)17-3-5-18(6-4-17)23(24,25)26/h2*3-6,19H,2,7-16H2,1H3/t2*19-,22+/m10/s1. The molecular formula is C46H60F6N10O2S2. The van der Waals surface area contributed by atoms with Gasteiger partial charge in [-0.25, -0.2) is 0 Å². The SMILES string of the molecule is Cn1c(SCCCN2CC[C@@]3(C[C@H]3c3ccc(C(F)(F)F)cc3)C2)nnc1N1CCOCC1.Cn1c(SCCCN2CC[C@]3(C[C@@H]3c3ccc(C(F)(F)F)cc3)C2)nnc1N1CCOCC1. The molecule has 2 aliphatic carbocycles. The molecule has 66 heavy (non-hydrogen) atoms. The zero-order valence-corrected chi connectivity index (χ0v) is 39.3. The van der Waals surface area contributed by atoms with Crippen molar-refractivity contribution in [2.75, 3.05) is 113 Å². The second-order valence-corrected chi connectivity index (χ2v) is 20.9. The molecule has 4 atom stereocenters. The molecule has 10 rings (SSSR count). The molecule has 2 saturated carbocycles. The molecule has 2 spiro atoms. The predicted octanol–water partition coefficient (Wildman–Crippen LogP) is 8.06. The molecule has 0 unspecified atom stereocenters. The highest BCUT2D eigenvalue weighted by atomic mass is 32.2. The maximum absolute atomic E-state index is 12.8. The number of aromatic nitrogens is 6. The zero-order chi connectivity index (χ0) is 46.1. The highest BCUT2D eigenvalue weighted by molar-refractivity contribution is 7.99. The minimum atomic E-state index is -4.27. The Hall–Kier alpha value is -3.56. The average Bonchev–Trinajstić information content (AvgIpc) is 3.85. The van der Waals surface area contributed by atoms with Gasteiger partial charge in [-0.1, -0.05) is 47.8 Å². The van der Waals surface area contributed by atoms with Crippen LogP contribution in [-0.4, -0.2) is 143 Å². The molecule has 0 N–H and O–H groups in total. The molecule has 360 valence electrons. The van der Waals surface area contributed by atoms with Crippen molar-refractivity contribution < 1.29 is 35.8 Å². The van der Waals surface area contributed by atoms with Crippen LogP contribution in [0.5, 0.6) is 0 Å². The lowest BCUT2D eigenvalue weighted by atomic mass is 9.97. The third kappa shape index (κ3) is 10.8. The summed E-state index contributed by atoms with van der Waals surface area (Å²) in [6.07, 6.45) is -1.93. The fourth-order valence-electron chi connectivity index (χ4n) is 10.5. The largest absolute Gasteiger partial charge is 0.416 e. The van der Waals surface area contributed by atoms with Crippen molar-refractivity contribution in [3.05, 3.63) is 70.8 Å². The van der Waals surface area contributed by atoms with Crippen LogP contribution >= 0.6 is 23.5 Å². The van der Waals surface area contributed by atoms with Crippen LogP contribution in [0, 0.1) is 10.8 Å². The lowest BCUT2D eigenvalue weighted by Gasteiger charge is -2.27. The van der Waals surface area contributed by atoms with Gasteiger partial charge in [-0.05, 0) is 123 Å². The van der Waals surface area contributed by atoms with E-state index in [2.05, 4.69) is 49.1 Å². The van der Waals surface area contributed by atoms with E-state index in [-0.39, 0.29) is 10.8 Å². The van der Waals surface area contributed by atoms with Crippen LogP contribution in [-0.2, 0) is 35.9 Å². The van der Waals surface area contributed by atoms with Gasteiger partial charge in [0.2, 0.25) is 11.9 Å². The summed E-state index contributed by atoms with van der Waals surface area (Å²) in [5.41, 5.74) is 1.52. The molecule has 0 bridgehead atoms. The van der Waals surface area contributed by atoms with Gasteiger partial charge in [0.25, 0.3) is 0 Å². The summed E-state index contributed by atoms with van der Waals surface area (Å²) < 4.78 is 91.9. The normalized spacial score (nSPS) is 25.8. The minimum absolute atomic E-state index is 0.267. The average molecular weight is 963 g/mol. The van der Waals surface area contributed by atoms with Crippen molar-refractivity contribution >= 4 is 35.4 Å². The summed E-state index contributed by atoms with van der Waals surface area (Å²) in [6.45, 7) is 12.6. The molecule has 2 aromatic carbocycles. The van der Waals surface area contributed by atoms with Crippen molar-refractivity contribution in [2.24, 2.45) is 24.9 Å². The quantitative estimate of drug-likeness (QED) is 0.0696. The monoisotopic (exact) mass is 962 g/mol. The number of anilines is 2. The van der Waals surface area contributed by atoms with Gasteiger partial charge in [-0.3, -0.25) is 9.13 Å². The van der Waals surface area contributed by atoms with E-state index in [0.29, 0.717) is 11.8 Å². The molecular weight excluding hydrogens is 903 g/mol. The molecule has 6 aliphatic rings. The number of rotatable bonds is 14. The van der Waals surface area contributed by atoms with E-state index in [0.717, 1.165) is 175 Å². The fourth-order valence-corrected chi connectivity index (χ4v) is 12.2. The summed E-state index contributed by atoms with van der Waals surface area (Å²) in [6, 6.07) is 11.6. The Labute approximate surface area is 391 Å². The van der Waals surface area contributed by atoms with Gasteiger partial charge in [0, 0.05) is 64.9 Å². The number of hydrogen-bond donors (Lipinski definition) is 0. The number of thioether (sulfide) groups is 2. The van der Waals surface area contributed by atoms with Crippen LogP contribution in [0.15, 0.2) is 58.8 Å². The molecule has 0 radical (unpaired) electrons. The Morgan fingerprint density at radius 3 is 1.30 bits per heavy atom. The van der Waals surface area contributed by atoms with E-state index in [9.17, 15) is 26.3 Å². The molecule has 6 heterocycles. The Balaban J connectivity index is 0.000000166. The van der Waals surface area contributed by atoms with Crippen LogP contribution in [0.1, 0.15) is 72.6 Å². The van der Waals surface area contributed by atoms with Crippen LogP contribution in [0.4, 0.5) is 38.2 Å². The topological polar surface area (TPSA) is 92.8 Å². The van der Waals surface area contributed by atoms with E-state index in [1.165, 1.54) is 24.3 Å². The molecule has 2 aromatic heterocycles. The lowest BCUT2D eigenvalue weighted by Crippen LogP contribution is -2.37. The van der Waals surface area contributed by atoms with Crippen LogP contribution in [0.3, 0.4) is 0 Å². The van der Waals surface area contributed by atoms with Gasteiger partial charge in [0.15, 0.2) is 10.3 Å². The van der Waals surface area contributed by atoms with Crippen molar-refractivity contribution in [3.63, 3.8) is 0 Å². The molecule has 12 nitrogen and oxygen atoms in total. The maximum atomic E-state index is 12.8. The minimum Gasteiger partial charge on any atom is -0.378 e. The third-order valence-corrected chi connectivity index (χ3v) is 16.7. The number of likely N-dealkylation sites (tertiary alicyclic amines) is 2. The number of alkyl halides is 6.